The Hall–Kier alpha value is -2.91. The summed E-state index contributed by atoms with van der Waals surface area (Å²) in [7, 11) is 0. The van der Waals surface area contributed by atoms with Crippen molar-refractivity contribution in [2.24, 2.45) is 5.41 Å². The van der Waals surface area contributed by atoms with E-state index in [4.69, 9.17) is 0 Å². The molecule has 0 saturated carbocycles. The zero-order valence-corrected chi connectivity index (χ0v) is 22.0. The van der Waals surface area contributed by atoms with E-state index in [1.807, 2.05) is 6.92 Å². The van der Waals surface area contributed by atoms with Crippen molar-refractivity contribution >= 4 is 17.7 Å². The van der Waals surface area contributed by atoms with Crippen molar-refractivity contribution in [3.05, 3.63) is 29.3 Å². The Balaban J connectivity index is 1.68. The van der Waals surface area contributed by atoms with E-state index in [-0.39, 0.29) is 69.9 Å². The highest BCUT2D eigenvalue weighted by Gasteiger charge is 2.60. The molecule has 2 fully saturated rings. The van der Waals surface area contributed by atoms with E-state index in [1.54, 1.807) is 15.9 Å². The maximum Gasteiger partial charge on any atom is 0.434 e. The van der Waals surface area contributed by atoms with Crippen LogP contribution in [0.15, 0.2) is 18.2 Å². The van der Waals surface area contributed by atoms with Crippen LogP contribution in [0, 0.1) is 5.41 Å². The van der Waals surface area contributed by atoms with Gasteiger partial charge in [0, 0.05) is 51.5 Å². The minimum Gasteiger partial charge on any atom is -0.481 e. The standard InChI is InChI=1S/C25H30F9N3O4/c1-2-3-22(20(38)39)4-6-36(7-5-22)18-13-16(12-17(14-18)23(26,27)28)15-35-8-10-37(11-9-35)21(40)41-19(24(29,30)31)25(32,33)34/h12-14,19H,2-11,15H2,1H3,(H,38,39). The van der Waals surface area contributed by atoms with Gasteiger partial charge in [0.2, 0.25) is 0 Å². The molecule has 1 aromatic carbocycles. The monoisotopic (exact) mass is 607 g/mol. The number of benzene rings is 1. The molecule has 0 radical (unpaired) electrons. The molecule has 0 spiro atoms. The van der Waals surface area contributed by atoms with Gasteiger partial charge in [-0.2, -0.15) is 39.5 Å². The van der Waals surface area contributed by atoms with Crippen LogP contribution in [-0.2, 0) is 22.3 Å². The van der Waals surface area contributed by atoms with Crippen LogP contribution >= 0.6 is 0 Å². The first-order valence-corrected chi connectivity index (χ1v) is 12.9. The minimum atomic E-state index is -5.85. The second-order valence-electron chi connectivity index (χ2n) is 10.3. The molecule has 0 unspecified atom stereocenters. The molecule has 2 saturated heterocycles. The molecule has 0 bridgehead atoms. The minimum absolute atomic E-state index is 0.0315. The lowest BCUT2D eigenvalue weighted by molar-refractivity contribution is -0.308. The van der Waals surface area contributed by atoms with Gasteiger partial charge in [-0.05, 0) is 43.0 Å². The number of carbonyl (C=O) groups is 2. The van der Waals surface area contributed by atoms with Crippen molar-refractivity contribution in [3.8, 4) is 0 Å². The molecular weight excluding hydrogens is 577 g/mol. The van der Waals surface area contributed by atoms with E-state index in [2.05, 4.69) is 4.74 Å². The smallest absolute Gasteiger partial charge is 0.434 e. The highest BCUT2D eigenvalue weighted by Crippen LogP contribution is 2.40. The summed E-state index contributed by atoms with van der Waals surface area (Å²) in [5, 5.41) is 9.72. The average molecular weight is 608 g/mol. The fourth-order valence-electron chi connectivity index (χ4n) is 5.20. The Kier molecular flexibility index (Phi) is 9.65. The third-order valence-electron chi connectivity index (χ3n) is 7.42. The van der Waals surface area contributed by atoms with Crippen molar-refractivity contribution < 1.29 is 58.9 Å². The zero-order valence-electron chi connectivity index (χ0n) is 22.0. The third kappa shape index (κ3) is 8.10. The normalized spacial score (nSPS) is 19.0. The number of aliphatic carboxylic acids is 1. The van der Waals surface area contributed by atoms with Crippen LogP contribution in [0.3, 0.4) is 0 Å². The second kappa shape index (κ2) is 12.1. The quantitative estimate of drug-likeness (QED) is 0.388. The third-order valence-corrected chi connectivity index (χ3v) is 7.42. The molecular formula is C25H30F9N3O4. The molecule has 2 aliphatic heterocycles. The van der Waals surface area contributed by atoms with Gasteiger partial charge in [-0.15, -0.1) is 0 Å². The van der Waals surface area contributed by atoms with Gasteiger partial charge in [-0.3, -0.25) is 9.69 Å². The van der Waals surface area contributed by atoms with E-state index in [0.717, 1.165) is 12.1 Å². The average Bonchev–Trinajstić information content (AvgIpc) is 2.86. The van der Waals surface area contributed by atoms with Crippen LogP contribution in [-0.4, -0.2) is 84.7 Å². The van der Waals surface area contributed by atoms with E-state index < -0.39 is 47.7 Å². The predicted molar refractivity (Wildman–Crippen MR) is 127 cm³/mol. The summed E-state index contributed by atoms with van der Waals surface area (Å²) in [5.41, 5.74) is -1.33. The summed E-state index contributed by atoms with van der Waals surface area (Å²) >= 11 is 0. The molecule has 232 valence electrons. The molecule has 1 amide bonds. The lowest BCUT2D eigenvalue weighted by Gasteiger charge is -2.40. The Labute approximate surface area is 229 Å². The summed E-state index contributed by atoms with van der Waals surface area (Å²) in [6.07, 6.45) is -20.8. The number of alkyl halides is 9. The molecule has 3 rings (SSSR count). The molecule has 41 heavy (non-hydrogen) atoms. The molecule has 2 heterocycles. The van der Waals surface area contributed by atoms with Gasteiger partial charge in [0.05, 0.1) is 11.0 Å². The van der Waals surface area contributed by atoms with E-state index in [9.17, 15) is 54.2 Å². The largest absolute Gasteiger partial charge is 0.481 e. The van der Waals surface area contributed by atoms with Crippen LogP contribution < -0.4 is 4.90 Å². The van der Waals surface area contributed by atoms with E-state index in [0.29, 0.717) is 17.7 Å². The van der Waals surface area contributed by atoms with Gasteiger partial charge < -0.3 is 19.6 Å². The van der Waals surface area contributed by atoms with Gasteiger partial charge >= 0.3 is 30.6 Å². The highest BCUT2D eigenvalue weighted by atomic mass is 19.4. The number of carboxylic acids is 1. The Morgan fingerprint density at radius 2 is 1.46 bits per heavy atom. The molecule has 1 aromatic rings. The molecule has 2 aliphatic rings. The van der Waals surface area contributed by atoms with Crippen LogP contribution in [0.25, 0.3) is 0 Å². The van der Waals surface area contributed by atoms with Gasteiger partial charge in [-0.25, -0.2) is 4.79 Å². The number of ether oxygens (including phenoxy) is 1. The first kappa shape index (κ1) is 32.6. The summed E-state index contributed by atoms with van der Waals surface area (Å²) in [5.74, 6) is -0.931. The number of rotatable bonds is 7. The maximum absolute atomic E-state index is 13.7. The number of hydrogen-bond donors (Lipinski definition) is 1. The highest BCUT2D eigenvalue weighted by molar-refractivity contribution is 5.75. The molecule has 7 nitrogen and oxygen atoms in total. The number of nitrogens with zero attached hydrogens (tertiary/aromatic N) is 3. The van der Waals surface area contributed by atoms with E-state index in [1.165, 1.54) is 0 Å². The number of anilines is 1. The number of carboxylic acid groups (broad SMARTS) is 1. The molecule has 1 N–H and O–H groups in total. The Bertz CT molecular complexity index is 1060. The fraction of sp³-hybridized carbons (Fsp3) is 0.680. The predicted octanol–water partition coefficient (Wildman–Crippen LogP) is 5.92. The summed E-state index contributed by atoms with van der Waals surface area (Å²) in [4.78, 5) is 27.8. The lowest BCUT2D eigenvalue weighted by Crippen LogP contribution is -2.52. The molecule has 0 aromatic heterocycles. The maximum atomic E-state index is 13.7. The van der Waals surface area contributed by atoms with Crippen LogP contribution in [0.1, 0.15) is 43.7 Å². The SMILES string of the molecule is CCCC1(C(=O)O)CCN(c2cc(CN3CCN(C(=O)OC(C(F)(F)F)C(F)(F)F)CC3)cc(C(F)(F)F)c2)CC1. The lowest BCUT2D eigenvalue weighted by atomic mass is 9.75. The number of carbonyl (C=O) groups excluding carboxylic acids is 1. The van der Waals surface area contributed by atoms with Crippen molar-refractivity contribution in [3.63, 3.8) is 0 Å². The van der Waals surface area contributed by atoms with Crippen LogP contribution in [0.5, 0.6) is 0 Å². The second-order valence-corrected chi connectivity index (χ2v) is 10.3. The Morgan fingerprint density at radius 1 is 0.902 bits per heavy atom. The summed E-state index contributed by atoms with van der Waals surface area (Å²) < 4.78 is 121. The van der Waals surface area contributed by atoms with Crippen molar-refractivity contribution in [2.45, 2.75) is 63.8 Å². The summed E-state index contributed by atoms with van der Waals surface area (Å²) in [6, 6.07) is 3.48. The number of piperazine rings is 1. The molecule has 0 aliphatic carbocycles. The first-order chi connectivity index (χ1) is 18.9. The van der Waals surface area contributed by atoms with Crippen molar-refractivity contribution in [1.29, 1.82) is 0 Å². The van der Waals surface area contributed by atoms with Gasteiger partial charge in [-0.1, -0.05) is 13.3 Å². The van der Waals surface area contributed by atoms with Gasteiger partial charge in [0.25, 0.3) is 6.10 Å². The van der Waals surface area contributed by atoms with Crippen LogP contribution in [0.2, 0.25) is 0 Å². The van der Waals surface area contributed by atoms with Crippen LogP contribution in [0.4, 0.5) is 50.0 Å². The zero-order chi connectivity index (χ0) is 30.8. The molecule has 16 heteroatoms. The first-order valence-electron chi connectivity index (χ1n) is 12.9. The van der Waals surface area contributed by atoms with Crippen molar-refractivity contribution in [2.75, 3.05) is 44.2 Å². The topological polar surface area (TPSA) is 73.3 Å². The number of halogens is 9. The Morgan fingerprint density at radius 3 is 1.93 bits per heavy atom. The number of piperidine rings is 1. The number of amides is 1. The number of hydrogen-bond acceptors (Lipinski definition) is 5. The molecule has 0 atom stereocenters. The van der Waals surface area contributed by atoms with Crippen molar-refractivity contribution in [1.82, 2.24) is 9.80 Å². The van der Waals surface area contributed by atoms with Gasteiger partial charge in [0.15, 0.2) is 0 Å². The van der Waals surface area contributed by atoms with Gasteiger partial charge in [0.1, 0.15) is 0 Å². The summed E-state index contributed by atoms with van der Waals surface area (Å²) in [6.45, 7) is 1.64. The van der Waals surface area contributed by atoms with E-state index >= 15 is 0 Å². The fourth-order valence-corrected chi connectivity index (χ4v) is 5.20.